The Balaban J connectivity index is 2.71. The summed E-state index contributed by atoms with van der Waals surface area (Å²) >= 11 is 0. The molecule has 1 aromatic carbocycles. The zero-order valence-electron chi connectivity index (χ0n) is 47.9. The first-order valence-corrected chi connectivity index (χ1v) is 28.2. The summed E-state index contributed by atoms with van der Waals surface area (Å²) in [4.78, 5) is 153. The van der Waals surface area contributed by atoms with Gasteiger partial charge in [0.2, 0.25) is 65.0 Å². The highest BCUT2D eigenvalue weighted by molar-refractivity contribution is 5.99. The predicted molar refractivity (Wildman–Crippen MR) is 302 cm³/mol. The number of benzene rings is 1. The molecule has 0 saturated carbocycles. The number of aliphatic hydroxyl groups excluding tert-OH is 2. The topological polar surface area (TPSA) is 491 Å². The van der Waals surface area contributed by atoms with Crippen LogP contribution < -0.4 is 87.2 Å². The van der Waals surface area contributed by atoms with Crippen LogP contribution in [0.1, 0.15) is 111 Å². The monoisotopic (exact) mass is 1160 g/mol. The Morgan fingerprint density at radius 2 is 1.06 bits per heavy atom. The average Bonchev–Trinajstić information content (AvgIpc) is 3.45. The van der Waals surface area contributed by atoms with E-state index in [9.17, 15) is 63.0 Å². The predicted octanol–water partition coefficient (Wildman–Crippen LogP) is -6.27. The number of rotatable bonds is 27. The van der Waals surface area contributed by atoms with Crippen LogP contribution in [-0.4, -0.2) is 187 Å². The smallest absolute Gasteiger partial charge is 0.245 e. The van der Waals surface area contributed by atoms with Crippen LogP contribution in [-0.2, 0) is 59.2 Å². The van der Waals surface area contributed by atoms with Crippen LogP contribution in [0.25, 0.3) is 0 Å². The minimum Gasteiger partial charge on any atom is -0.391 e. The normalized spacial score (nSPS) is 22.9. The van der Waals surface area contributed by atoms with E-state index < -0.39 is 151 Å². The standard InChI is InChI=1S/C53H92N16O13/c1-6-7-9-14-41(72)60-33(15-21-54)48(77)69-43(31(5)71)53(82)65-36(18-24-57)45(74)64-38-20-26-59-52(81)42(30(4)70)68-49(78)37(19-25-58)62-44(73)34(16-22-55)63-50(79)39(27-29(2)3)66-51(80)40(28-32-12-10-8-11-13-32)67-46(75)35(17-23-56)61-47(38)76/h8,10-13,29-31,33-40,42-43,70-71H,6-7,9,14-28,54-58H2,1-5H3,(H,59,81)(H,60,72)(H,61,76)(H,62,73)(H,63,79)(H,64,74)(H,65,82)(H,66,80)(H,67,75)(H,68,78)(H,69,77)/t30-,31-,33+,34+,35+,36+,37+,38+,39+,40+,42+,43+/m1/s1. The summed E-state index contributed by atoms with van der Waals surface area (Å²) in [7, 11) is 0. The third-order valence-corrected chi connectivity index (χ3v) is 13.2. The fraction of sp³-hybridized carbons (Fsp3) is 0.679. The molecule has 1 heterocycles. The fourth-order valence-corrected chi connectivity index (χ4v) is 8.67. The molecule has 0 spiro atoms. The Labute approximate surface area is 479 Å². The fourth-order valence-electron chi connectivity index (χ4n) is 8.67. The molecule has 0 bridgehead atoms. The van der Waals surface area contributed by atoms with Gasteiger partial charge in [0.1, 0.15) is 60.4 Å². The molecule has 1 fully saturated rings. The first kappa shape index (κ1) is 71.2. The van der Waals surface area contributed by atoms with Crippen LogP contribution in [0.5, 0.6) is 0 Å². The maximum atomic E-state index is 14.5. The van der Waals surface area contributed by atoms with Crippen molar-refractivity contribution in [2.45, 2.75) is 184 Å². The molecule has 0 aromatic heterocycles. The molecular formula is C53H92N16O13. The minimum atomic E-state index is -1.70. The number of unbranched alkanes of at least 4 members (excludes halogenated alkanes) is 2. The number of hydrogen-bond acceptors (Lipinski definition) is 18. The van der Waals surface area contributed by atoms with Crippen LogP contribution in [0.3, 0.4) is 0 Å². The van der Waals surface area contributed by atoms with Gasteiger partial charge in [0.25, 0.3) is 0 Å². The molecule has 29 nitrogen and oxygen atoms in total. The summed E-state index contributed by atoms with van der Waals surface area (Å²) in [6.07, 6.45) is -2.16. The molecule has 82 heavy (non-hydrogen) atoms. The molecule has 29 heteroatoms. The second kappa shape index (κ2) is 38.0. The summed E-state index contributed by atoms with van der Waals surface area (Å²) in [5.74, 6) is -9.96. The minimum absolute atomic E-state index is 0.0164. The first-order chi connectivity index (χ1) is 38.9. The lowest BCUT2D eigenvalue weighted by Crippen LogP contribution is -2.62. The zero-order valence-corrected chi connectivity index (χ0v) is 47.9. The van der Waals surface area contributed by atoms with Crippen LogP contribution in [0, 0.1) is 5.92 Å². The van der Waals surface area contributed by atoms with E-state index in [-0.39, 0.29) is 90.0 Å². The zero-order chi connectivity index (χ0) is 61.5. The van der Waals surface area contributed by atoms with Gasteiger partial charge in [-0.2, -0.15) is 0 Å². The van der Waals surface area contributed by atoms with E-state index in [1.807, 2.05) is 6.92 Å². The van der Waals surface area contributed by atoms with Gasteiger partial charge in [-0.25, -0.2) is 0 Å². The van der Waals surface area contributed by atoms with Gasteiger partial charge in [0.15, 0.2) is 0 Å². The summed E-state index contributed by atoms with van der Waals surface area (Å²) in [6, 6.07) is -6.22. The molecule has 0 aliphatic carbocycles. The second-order valence-electron chi connectivity index (χ2n) is 20.7. The van der Waals surface area contributed by atoms with Gasteiger partial charge in [0, 0.05) is 19.4 Å². The number of hydrogen-bond donors (Lipinski definition) is 18. The van der Waals surface area contributed by atoms with Crippen LogP contribution >= 0.6 is 0 Å². The summed E-state index contributed by atoms with van der Waals surface area (Å²) in [5, 5.41) is 49.5. The van der Waals surface area contributed by atoms with Crippen molar-refractivity contribution in [2.24, 2.45) is 34.6 Å². The van der Waals surface area contributed by atoms with Crippen molar-refractivity contribution in [1.29, 1.82) is 0 Å². The molecule has 1 aromatic rings. The van der Waals surface area contributed by atoms with Crippen molar-refractivity contribution in [1.82, 2.24) is 58.5 Å². The third-order valence-electron chi connectivity index (χ3n) is 13.2. The van der Waals surface area contributed by atoms with Crippen LogP contribution in [0.4, 0.5) is 0 Å². The van der Waals surface area contributed by atoms with Gasteiger partial charge in [-0.1, -0.05) is 63.9 Å². The second-order valence-corrected chi connectivity index (χ2v) is 20.7. The van der Waals surface area contributed by atoms with Gasteiger partial charge >= 0.3 is 0 Å². The molecule has 0 unspecified atom stereocenters. The highest BCUT2D eigenvalue weighted by Gasteiger charge is 2.37. The summed E-state index contributed by atoms with van der Waals surface area (Å²) < 4.78 is 0. The van der Waals surface area contributed by atoms with E-state index in [0.29, 0.717) is 12.0 Å². The first-order valence-electron chi connectivity index (χ1n) is 28.2. The van der Waals surface area contributed by atoms with Crippen molar-refractivity contribution in [3.05, 3.63) is 35.9 Å². The Bertz CT molecular complexity index is 2240. The van der Waals surface area contributed by atoms with Crippen LogP contribution in [0.15, 0.2) is 30.3 Å². The summed E-state index contributed by atoms with van der Waals surface area (Å²) in [6.45, 7) is 6.76. The van der Waals surface area contributed by atoms with E-state index >= 15 is 0 Å². The van der Waals surface area contributed by atoms with Gasteiger partial charge in [-0.15, -0.1) is 0 Å². The quantitative estimate of drug-likeness (QED) is 0.0364. The molecule has 1 aliphatic heterocycles. The highest BCUT2D eigenvalue weighted by Crippen LogP contribution is 2.12. The van der Waals surface area contributed by atoms with E-state index in [4.69, 9.17) is 28.7 Å². The molecule has 0 radical (unpaired) electrons. The van der Waals surface area contributed by atoms with Gasteiger partial charge < -0.3 is 97.4 Å². The molecule has 23 N–H and O–H groups in total. The van der Waals surface area contributed by atoms with E-state index in [0.717, 1.165) is 12.8 Å². The van der Waals surface area contributed by atoms with Crippen molar-refractivity contribution in [2.75, 3.05) is 39.3 Å². The van der Waals surface area contributed by atoms with Gasteiger partial charge in [-0.05, 0) is 109 Å². The van der Waals surface area contributed by atoms with Crippen molar-refractivity contribution in [3.8, 4) is 0 Å². The number of amides is 11. The molecule has 1 saturated heterocycles. The molecule has 12 atom stereocenters. The molecule has 1 aliphatic rings. The maximum absolute atomic E-state index is 14.5. The molecule has 2 rings (SSSR count). The SMILES string of the molecule is CCCCCC(=O)N[C@@H](CCN)C(=O)N[C@H](C(=O)N[C@@H](CCN)C(=O)N[C@H]1CCNC(=O)[C@H]([C@@H](C)O)NC(=O)[C@H](CCN)NC(=O)[C@H](CCN)NC(=O)[C@H](CC(C)C)NC(=O)[C@H](Cc2ccccc2)NC(=O)[C@H](CCN)NC1=O)[C@@H](C)O. The van der Waals surface area contributed by atoms with Gasteiger partial charge in [0.05, 0.1) is 12.2 Å². The van der Waals surface area contributed by atoms with E-state index in [1.54, 1.807) is 44.2 Å². The average molecular weight is 1160 g/mol. The van der Waals surface area contributed by atoms with E-state index in [2.05, 4.69) is 58.5 Å². The lowest BCUT2D eigenvalue weighted by Gasteiger charge is -2.29. The largest absolute Gasteiger partial charge is 0.391 e. The Kier molecular flexibility index (Phi) is 33.0. The van der Waals surface area contributed by atoms with Crippen LogP contribution in [0.2, 0.25) is 0 Å². The number of nitrogens with one attached hydrogen (secondary N) is 11. The Morgan fingerprint density at radius 1 is 0.573 bits per heavy atom. The number of nitrogens with two attached hydrogens (primary N) is 5. The summed E-state index contributed by atoms with van der Waals surface area (Å²) in [5.41, 5.74) is 29.8. The highest BCUT2D eigenvalue weighted by atomic mass is 16.3. The van der Waals surface area contributed by atoms with Gasteiger partial charge in [-0.3, -0.25) is 52.7 Å². The van der Waals surface area contributed by atoms with Crippen molar-refractivity contribution in [3.63, 3.8) is 0 Å². The maximum Gasteiger partial charge on any atom is 0.245 e. The van der Waals surface area contributed by atoms with E-state index in [1.165, 1.54) is 13.8 Å². The molecule has 462 valence electrons. The Hall–Kier alpha value is -6.89. The lowest BCUT2D eigenvalue weighted by atomic mass is 10.00. The molecule has 11 amide bonds. The number of carbonyl (C=O) groups is 11. The third kappa shape index (κ3) is 25.1. The number of aliphatic hydroxyl groups is 2. The van der Waals surface area contributed by atoms with Crippen molar-refractivity contribution >= 4 is 65.0 Å². The Morgan fingerprint density at radius 3 is 1.56 bits per heavy atom. The lowest BCUT2D eigenvalue weighted by molar-refractivity contribution is -0.137. The molecular weight excluding hydrogens is 1070 g/mol. The van der Waals surface area contributed by atoms with Crippen molar-refractivity contribution < 1.29 is 63.0 Å². The number of carbonyl (C=O) groups excluding carboxylic acids is 11.